The molecule has 1 aliphatic rings. The fourth-order valence-corrected chi connectivity index (χ4v) is 2.53. The SMILES string of the molecule is N=C(N)C1CCCN(c2ncc(C(F)(F)F)cc2Cl)C1. The van der Waals surface area contributed by atoms with Gasteiger partial charge in [-0.1, -0.05) is 11.6 Å². The van der Waals surface area contributed by atoms with E-state index in [4.69, 9.17) is 22.7 Å². The van der Waals surface area contributed by atoms with Crippen LogP contribution >= 0.6 is 11.6 Å². The fourth-order valence-electron chi connectivity index (χ4n) is 2.24. The summed E-state index contributed by atoms with van der Waals surface area (Å²) < 4.78 is 37.7. The van der Waals surface area contributed by atoms with E-state index in [1.165, 1.54) is 0 Å². The molecule has 0 bridgehead atoms. The second-order valence-corrected chi connectivity index (χ2v) is 5.17. The molecule has 0 spiro atoms. The largest absolute Gasteiger partial charge is 0.417 e. The van der Waals surface area contributed by atoms with Crippen molar-refractivity contribution in [3.05, 3.63) is 22.8 Å². The fraction of sp³-hybridized carbons (Fsp3) is 0.500. The highest BCUT2D eigenvalue weighted by molar-refractivity contribution is 6.33. The van der Waals surface area contributed by atoms with Gasteiger partial charge < -0.3 is 10.6 Å². The van der Waals surface area contributed by atoms with Gasteiger partial charge in [0.05, 0.1) is 16.4 Å². The second-order valence-electron chi connectivity index (χ2n) is 4.77. The van der Waals surface area contributed by atoms with Crippen molar-refractivity contribution in [3.8, 4) is 0 Å². The van der Waals surface area contributed by atoms with Crippen molar-refractivity contribution in [2.45, 2.75) is 19.0 Å². The van der Waals surface area contributed by atoms with Gasteiger partial charge in [0.15, 0.2) is 0 Å². The first-order valence-electron chi connectivity index (χ1n) is 6.10. The normalized spacial score (nSPS) is 20.0. The van der Waals surface area contributed by atoms with Crippen LogP contribution in [0.5, 0.6) is 0 Å². The minimum absolute atomic E-state index is 0.0379. The first kappa shape index (κ1) is 14.9. The van der Waals surface area contributed by atoms with Gasteiger partial charge in [-0.05, 0) is 18.9 Å². The number of rotatable bonds is 2. The molecule has 1 aliphatic heterocycles. The first-order chi connectivity index (χ1) is 9.29. The van der Waals surface area contributed by atoms with Crippen LogP contribution in [0.3, 0.4) is 0 Å². The second kappa shape index (κ2) is 5.47. The van der Waals surface area contributed by atoms with E-state index >= 15 is 0 Å². The van der Waals surface area contributed by atoms with Gasteiger partial charge in [0.1, 0.15) is 5.82 Å². The maximum atomic E-state index is 12.6. The summed E-state index contributed by atoms with van der Waals surface area (Å²) in [6.45, 7) is 1.09. The average Bonchev–Trinajstić information content (AvgIpc) is 2.37. The van der Waals surface area contributed by atoms with Gasteiger partial charge in [-0.2, -0.15) is 13.2 Å². The Kier molecular flexibility index (Phi) is 4.08. The Hall–Kier alpha value is -1.50. The summed E-state index contributed by atoms with van der Waals surface area (Å²) in [6.07, 6.45) is -2.09. The zero-order chi connectivity index (χ0) is 14.9. The lowest BCUT2D eigenvalue weighted by molar-refractivity contribution is -0.137. The number of pyridine rings is 1. The molecule has 0 aliphatic carbocycles. The molecule has 1 unspecified atom stereocenters. The molecule has 0 amide bonds. The number of alkyl halides is 3. The topological polar surface area (TPSA) is 66.0 Å². The molecule has 8 heteroatoms. The van der Waals surface area contributed by atoms with Crippen molar-refractivity contribution in [2.24, 2.45) is 11.7 Å². The van der Waals surface area contributed by atoms with E-state index in [-0.39, 0.29) is 16.8 Å². The molecular weight excluding hydrogens is 293 g/mol. The van der Waals surface area contributed by atoms with Crippen LogP contribution in [0, 0.1) is 11.3 Å². The number of anilines is 1. The van der Waals surface area contributed by atoms with Crippen molar-refractivity contribution in [1.29, 1.82) is 5.41 Å². The molecule has 0 aromatic carbocycles. The molecule has 1 atom stereocenters. The van der Waals surface area contributed by atoms with E-state index in [1.807, 2.05) is 0 Å². The number of aromatic nitrogens is 1. The van der Waals surface area contributed by atoms with Crippen molar-refractivity contribution < 1.29 is 13.2 Å². The smallest absolute Gasteiger partial charge is 0.387 e. The van der Waals surface area contributed by atoms with Crippen LogP contribution in [0.15, 0.2) is 12.3 Å². The lowest BCUT2D eigenvalue weighted by Gasteiger charge is -2.33. The minimum atomic E-state index is -4.46. The summed E-state index contributed by atoms with van der Waals surface area (Å²) >= 11 is 5.91. The number of piperidine rings is 1. The summed E-state index contributed by atoms with van der Waals surface area (Å²) in [7, 11) is 0. The predicted octanol–water partition coefficient (Wildman–Crippen LogP) is 2.91. The van der Waals surface area contributed by atoms with Crippen LogP contribution in [-0.4, -0.2) is 23.9 Å². The highest BCUT2D eigenvalue weighted by Gasteiger charge is 2.32. The molecule has 0 saturated carbocycles. The molecule has 1 aromatic rings. The van der Waals surface area contributed by atoms with E-state index < -0.39 is 11.7 Å². The van der Waals surface area contributed by atoms with E-state index in [1.54, 1.807) is 4.90 Å². The number of nitrogens with two attached hydrogens (primary N) is 1. The van der Waals surface area contributed by atoms with Crippen LogP contribution in [0.2, 0.25) is 5.02 Å². The minimum Gasteiger partial charge on any atom is -0.387 e. The third-order valence-electron chi connectivity index (χ3n) is 3.31. The molecule has 4 nitrogen and oxygen atoms in total. The third kappa shape index (κ3) is 3.15. The van der Waals surface area contributed by atoms with Crippen LogP contribution in [0.1, 0.15) is 18.4 Å². The van der Waals surface area contributed by atoms with Crippen molar-refractivity contribution >= 4 is 23.3 Å². The number of hydrogen-bond acceptors (Lipinski definition) is 3. The summed E-state index contributed by atoms with van der Waals surface area (Å²) in [4.78, 5) is 5.60. The molecule has 2 rings (SSSR count). The van der Waals surface area contributed by atoms with Crippen LogP contribution in [0.4, 0.5) is 19.0 Å². The molecule has 2 heterocycles. The molecule has 1 aromatic heterocycles. The number of nitrogens with one attached hydrogen (secondary N) is 1. The van der Waals surface area contributed by atoms with Crippen LogP contribution in [0.25, 0.3) is 0 Å². The summed E-state index contributed by atoms with van der Waals surface area (Å²) in [6, 6.07) is 0.876. The molecule has 1 saturated heterocycles. The quantitative estimate of drug-likeness (QED) is 0.652. The lowest BCUT2D eigenvalue weighted by Crippen LogP contribution is -2.41. The highest BCUT2D eigenvalue weighted by atomic mass is 35.5. The number of amidine groups is 1. The standard InChI is InChI=1S/C12H14ClF3N4/c13-9-4-8(12(14,15)16)5-19-11(9)20-3-1-2-7(6-20)10(17)18/h4-5,7H,1-3,6H2,(H3,17,18). The van der Waals surface area contributed by atoms with Gasteiger partial charge in [0, 0.05) is 25.2 Å². The monoisotopic (exact) mass is 306 g/mol. The molecule has 1 fully saturated rings. The predicted molar refractivity (Wildman–Crippen MR) is 71.1 cm³/mol. The Labute approximate surface area is 119 Å². The Balaban J connectivity index is 2.23. The van der Waals surface area contributed by atoms with Gasteiger partial charge in [-0.25, -0.2) is 4.98 Å². The highest BCUT2D eigenvalue weighted by Crippen LogP contribution is 2.34. The summed E-state index contributed by atoms with van der Waals surface area (Å²) in [5, 5.41) is 7.42. The Morgan fingerprint density at radius 3 is 2.75 bits per heavy atom. The molecule has 3 N–H and O–H groups in total. The van der Waals surface area contributed by atoms with E-state index in [2.05, 4.69) is 4.98 Å². The third-order valence-corrected chi connectivity index (χ3v) is 3.59. The van der Waals surface area contributed by atoms with Crippen molar-refractivity contribution in [3.63, 3.8) is 0 Å². The van der Waals surface area contributed by atoms with Gasteiger partial charge in [-0.3, -0.25) is 5.41 Å². The van der Waals surface area contributed by atoms with Crippen LogP contribution < -0.4 is 10.6 Å². The average molecular weight is 307 g/mol. The molecule has 110 valence electrons. The molecule has 20 heavy (non-hydrogen) atoms. The maximum Gasteiger partial charge on any atom is 0.417 e. The van der Waals surface area contributed by atoms with E-state index in [0.29, 0.717) is 18.9 Å². The summed E-state index contributed by atoms with van der Waals surface area (Å²) in [5.74, 6) is 0.285. The Bertz CT molecular complexity index is 518. The lowest BCUT2D eigenvalue weighted by atomic mass is 9.97. The zero-order valence-electron chi connectivity index (χ0n) is 10.5. The number of nitrogens with zero attached hydrogens (tertiary/aromatic N) is 2. The van der Waals surface area contributed by atoms with Crippen LogP contribution in [-0.2, 0) is 6.18 Å². The Morgan fingerprint density at radius 1 is 1.50 bits per heavy atom. The van der Waals surface area contributed by atoms with Gasteiger partial charge in [0.2, 0.25) is 0 Å². The maximum absolute atomic E-state index is 12.6. The first-order valence-corrected chi connectivity index (χ1v) is 6.48. The number of hydrogen-bond donors (Lipinski definition) is 2. The zero-order valence-corrected chi connectivity index (χ0v) is 11.3. The van der Waals surface area contributed by atoms with Crippen molar-refractivity contribution in [1.82, 2.24) is 4.98 Å². The molecular formula is C12H14ClF3N4. The van der Waals surface area contributed by atoms with E-state index in [0.717, 1.165) is 25.1 Å². The number of halogens is 4. The summed E-state index contributed by atoms with van der Waals surface area (Å²) in [5.41, 5.74) is 4.61. The van der Waals surface area contributed by atoms with Gasteiger partial charge in [0.25, 0.3) is 0 Å². The van der Waals surface area contributed by atoms with E-state index in [9.17, 15) is 13.2 Å². The Morgan fingerprint density at radius 2 is 2.20 bits per heavy atom. The van der Waals surface area contributed by atoms with Gasteiger partial charge in [-0.15, -0.1) is 0 Å². The van der Waals surface area contributed by atoms with Crippen molar-refractivity contribution in [2.75, 3.05) is 18.0 Å². The van der Waals surface area contributed by atoms with Gasteiger partial charge >= 0.3 is 6.18 Å². The molecule has 0 radical (unpaired) electrons.